The minimum Gasteiger partial charge on any atom is -0.396 e. The van der Waals surface area contributed by atoms with E-state index in [0.717, 1.165) is 16.5 Å². The molecular weight excluding hydrogens is 152 g/mol. The highest BCUT2D eigenvalue weighted by atomic mass is 16.2. The van der Waals surface area contributed by atoms with Gasteiger partial charge in [-0.3, -0.25) is 5.10 Å². The van der Waals surface area contributed by atoms with E-state index in [-0.39, 0.29) is 6.61 Å². The Bertz CT molecular complexity index is 381. The summed E-state index contributed by atoms with van der Waals surface area (Å²) in [5, 5.41) is 16.6. The number of aromatic nitrogens is 2. The number of benzene rings is 1. The van der Waals surface area contributed by atoms with Gasteiger partial charge in [-0.1, -0.05) is 6.07 Å². The summed E-state index contributed by atoms with van der Waals surface area (Å²) in [6.45, 7) is 0.198. The molecule has 1 aromatic carbocycles. The van der Waals surface area contributed by atoms with Crippen molar-refractivity contribution < 1.29 is 5.11 Å². The first kappa shape index (κ1) is 7.31. The minimum absolute atomic E-state index is 0.198. The molecule has 0 bridgehead atoms. The Labute approximate surface area is 70.0 Å². The van der Waals surface area contributed by atoms with Crippen molar-refractivity contribution in [3.63, 3.8) is 0 Å². The van der Waals surface area contributed by atoms with Crippen LogP contribution in [0.1, 0.15) is 5.56 Å². The second-order valence-electron chi connectivity index (χ2n) is 2.77. The number of aliphatic hydroxyl groups is 1. The van der Waals surface area contributed by atoms with E-state index in [4.69, 9.17) is 5.11 Å². The van der Waals surface area contributed by atoms with Gasteiger partial charge in [0, 0.05) is 12.0 Å². The van der Waals surface area contributed by atoms with Gasteiger partial charge in [-0.15, -0.1) is 0 Å². The van der Waals surface area contributed by atoms with Crippen molar-refractivity contribution in [2.45, 2.75) is 6.42 Å². The molecule has 1 heterocycles. The van der Waals surface area contributed by atoms with Crippen LogP contribution >= 0.6 is 0 Å². The molecule has 1 aromatic heterocycles. The summed E-state index contributed by atoms with van der Waals surface area (Å²) in [7, 11) is 0. The molecule has 0 saturated carbocycles. The molecule has 0 fully saturated rings. The van der Waals surface area contributed by atoms with Crippen molar-refractivity contribution in [2.24, 2.45) is 0 Å². The summed E-state index contributed by atoms with van der Waals surface area (Å²) < 4.78 is 0. The molecule has 3 nitrogen and oxygen atoms in total. The monoisotopic (exact) mass is 162 g/mol. The highest BCUT2D eigenvalue weighted by Gasteiger charge is 1.96. The Balaban J connectivity index is 2.46. The molecule has 3 heteroatoms. The van der Waals surface area contributed by atoms with Crippen LogP contribution in [0.3, 0.4) is 0 Å². The van der Waals surface area contributed by atoms with Crippen LogP contribution in [-0.2, 0) is 6.42 Å². The fraction of sp³-hybridized carbons (Fsp3) is 0.222. The summed E-state index contributed by atoms with van der Waals surface area (Å²) in [6, 6.07) is 6.01. The second-order valence-corrected chi connectivity index (χ2v) is 2.77. The van der Waals surface area contributed by atoms with Gasteiger partial charge in [-0.25, -0.2) is 0 Å². The van der Waals surface area contributed by atoms with Crippen molar-refractivity contribution in [1.82, 2.24) is 10.2 Å². The number of fused-ring (bicyclic) bond motifs is 1. The first-order valence-corrected chi connectivity index (χ1v) is 3.93. The van der Waals surface area contributed by atoms with Gasteiger partial charge in [0.25, 0.3) is 0 Å². The van der Waals surface area contributed by atoms with E-state index in [9.17, 15) is 0 Å². The number of hydrogen-bond acceptors (Lipinski definition) is 2. The molecule has 0 radical (unpaired) electrons. The van der Waals surface area contributed by atoms with E-state index in [1.807, 2.05) is 18.2 Å². The van der Waals surface area contributed by atoms with Crippen molar-refractivity contribution in [3.05, 3.63) is 30.0 Å². The number of nitrogens with one attached hydrogen (secondary N) is 1. The zero-order chi connectivity index (χ0) is 8.39. The third-order valence-corrected chi connectivity index (χ3v) is 1.91. The summed E-state index contributed by atoms with van der Waals surface area (Å²) in [5.41, 5.74) is 2.18. The summed E-state index contributed by atoms with van der Waals surface area (Å²) in [4.78, 5) is 0. The number of nitrogens with zero attached hydrogens (tertiary/aromatic N) is 1. The highest BCUT2D eigenvalue weighted by Crippen LogP contribution is 2.12. The molecular formula is C9H10N2O. The summed E-state index contributed by atoms with van der Waals surface area (Å²) in [5.74, 6) is 0. The maximum atomic E-state index is 8.72. The average Bonchev–Trinajstić information content (AvgIpc) is 2.51. The van der Waals surface area contributed by atoms with Crippen LogP contribution in [0.25, 0.3) is 10.9 Å². The van der Waals surface area contributed by atoms with Crippen molar-refractivity contribution in [1.29, 1.82) is 0 Å². The van der Waals surface area contributed by atoms with Gasteiger partial charge in [0.15, 0.2) is 0 Å². The normalized spacial score (nSPS) is 10.8. The van der Waals surface area contributed by atoms with E-state index in [1.54, 1.807) is 6.20 Å². The molecule has 0 amide bonds. The fourth-order valence-corrected chi connectivity index (χ4v) is 1.28. The quantitative estimate of drug-likeness (QED) is 0.694. The van der Waals surface area contributed by atoms with Gasteiger partial charge >= 0.3 is 0 Å². The maximum absolute atomic E-state index is 8.72. The third-order valence-electron chi connectivity index (χ3n) is 1.91. The molecule has 0 spiro atoms. The molecule has 2 N–H and O–H groups in total. The molecule has 0 aliphatic rings. The molecule has 0 aliphatic carbocycles. The van der Waals surface area contributed by atoms with Crippen molar-refractivity contribution in [2.75, 3.05) is 6.61 Å². The molecule has 0 aliphatic heterocycles. The van der Waals surface area contributed by atoms with Crippen LogP contribution < -0.4 is 0 Å². The van der Waals surface area contributed by atoms with E-state index < -0.39 is 0 Å². The van der Waals surface area contributed by atoms with Gasteiger partial charge in [-0.2, -0.15) is 5.10 Å². The number of rotatable bonds is 2. The zero-order valence-corrected chi connectivity index (χ0v) is 6.62. The topological polar surface area (TPSA) is 48.9 Å². The van der Waals surface area contributed by atoms with E-state index in [1.165, 1.54) is 0 Å². The molecule has 12 heavy (non-hydrogen) atoms. The zero-order valence-electron chi connectivity index (χ0n) is 6.62. The maximum Gasteiger partial charge on any atom is 0.0650 e. The molecule has 0 unspecified atom stereocenters. The average molecular weight is 162 g/mol. The molecule has 0 atom stereocenters. The van der Waals surface area contributed by atoms with Crippen LogP contribution in [0.5, 0.6) is 0 Å². The molecule has 0 saturated heterocycles. The minimum atomic E-state index is 0.198. The first-order valence-electron chi connectivity index (χ1n) is 3.93. The summed E-state index contributed by atoms with van der Waals surface area (Å²) in [6.07, 6.45) is 2.50. The Hall–Kier alpha value is -1.35. The standard InChI is InChI=1S/C9H10N2O/c12-4-3-7-1-2-9-8(5-7)6-10-11-9/h1-2,5-6,12H,3-4H2,(H,10,11). The van der Waals surface area contributed by atoms with Crippen molar-refractivity contribution in [3.8, 4) is 0 Å². The lowest BCUT2D eigenvalue weighted by Gasteiger charge is -1.96. The third kappa shape index (κ3) is 1.19. The lowest BCUT2D eigenvalue weighted by molar-refractivity contribution is 0.299. The number of aliphatic hydroxyl groups excluding tert-OH is 1. The largest absolute Gasteiger partial charge is 0.396 e. The van der Waals surface area contributed by atoms with Gasteiger partial charge in [0.05, 0.1) is 11.7 Å². The van der Waals surface area contributed by atoms with Crippen molar-refractivity contribution >= 4 is 10.9 Å². The second kappa shape index (κ2) is 2.95. The Kier molecular flexibility index (Phi) is 1.80. The first-order chi connectivity index (χ1) is 5.90. The fourth-order valence-electron chi connectivity index (χ4n) is 1.28. The lowest BCUT2D eigenvalue weighted by Crippen LogP contribution is -1.89. The predicted molar refractivity (Wildman–Crippen MR) is 46.9 cm³/mol. The number of aromatic amines is 1. The van der Waals surface area contributed by atoms with E-state index >= 15 is 0 Å². The van der Waals surface area contributed by atoms with Crippen LogP contribution in [-0.4, -0.2) is 21.9 Å². The number of hydrogen-bond donors (Lipinski definition) is 2. The lowest BCUT2D eigenvalue weighted by atomic mass is 10.1. The Morgan fingerprint density at radius 2 is 2.33 bits per heavy atom. The predicted octanol–water partition coefficient (Wildman–Crippen LogP) is 1.10. The molecule has 2 aromatic rings. The summed E-state index contributed by atoms with van der Waals surface area (Å²) >= 11 is 0. The Morgan fingerprint density at radius 1 is 1.42 bits per heavy atom. The Morgan fingerprint density at radius 3 is 3.17 bits per heavy atom. The van der Waals surface area contributed by atoms with Gasteiger partial charge in [0.2, 0.25) is 0 Å². The van der Waals surface area contributed by atoms with Gasteiger partial charge in [-0.05, 0) is 24.1 Å². The van der Waals surface area contributed by atoms with Crippen LogP contribution in [0.4, 0.5) is 0 Å². The van der Waals surface area contributed by atoms with Crippen LogP contribution in [0, 0.1) is 0 Å². The van der Waals surface area contributed by atoms with Crippen LogP contribution in [0.2, 0.25) is 0 Å². The highest BCUT2D eigenvalue weighted by molar-refractivity contribution is 5.78. The molecule has 2 rings (SSSR count). The smallest absolute Gasteiger partial charge is 0.0650 e. The SMILES string of the molecule is OCCc1ccc2[nH]ncc2c1. The number of H-pyrrole nitrogens is 1. The van der Waals surface area contributed by atoms with Crippen LogP contribution in [0.15, 0.2) is 24.4 Å². The van der Waals surface area contributed by atoms with Gasteiger partial charge < -0.3 is 5.11 Å². The van der Waals surface area contributed by atoms with E-state index in [0.29, 0.717) is 6.42 Å². The van der Waals surface area contributed by atoms with Gasteiger partial charge in [0.1, 0.15) is 0 Å². The molecule has 62 valence electrons. The van der Waals surface area contributed by atoms with E-state index in [2.05, 4.69) is 10.2 Å².